The average molecular weight is 765 g/mol. The number of ether oxygens (including phenoxy) is 1. The molecule has 14 heteroatoms. The number of hydrogen-bond acceptors (Lipinski definition) is 8. The van der Waals surface area contributed by atoms with Crippen LogP contribution in [0.25, 0.3) is 0 Å². The fourth-order valence-electron chi connectivity index (χ4n) is 8.35. The lowest BCUT2D eigenvalue weighted by molar-refractivity contribution is 0.178. The van der Waals surface area contributed by atoms with Crippen molar-refractivity contribution in [2.75, 3.05) is 89.9 Å². The molecule has 0 aromatic heterocycles. The van der Waals surface area contributed by atoms with Crippen LogP contribution >= 0.6 is 0 Å². The van der Waals surface area contributed by atoms with Crippen molar-refractivity contribution in [1.29, 1.82) is 0 Å². The predicted molar refractivity (Wildman–Crippen MR) is 207 cm³/mol. The monoisotopic (exact) mass is 764 g/mol. The minimum atomic E-state index is -3.91. The SMILES string of the molecule is COc1cc(F)cc(N2[C@H](C)CN(S(=O)(=O)N3CCCN(CC4CCCCC4)CCCN(S(=O)(=O)c4ccc(N(C)C)cc4)C[C@H](C)C3)C[C@H]2C)c1. The highest BCUT2D eigenvalue weighted by molar-refractivity contribution is 7.89. The third-order valence-electron chi connectivity index (χ3n) is 11.0. The molecule has 3 aliphatic rings. The number of halogens is 1. The first-order valence-electron chi connectivity index (χ1n) is 19.1. The number of rotatable bonds is 9. The molecule has 3 atom stereocenters. The van der Waals surface area contributed by atoms with Gasteiger partial charge in [0.2, 0.25) is 10.0 Å². The van der Waals surface area contributed by atoms with Crippen molar-refractivity contribution in [1.82, 2.24) is 17.8 Å². The van der Waals surface area contributed by atoms with Crippen LogP contribution in [0.4, 0.5) is 15.8 Å². The molecule has 0 bridgehead atoms. The third-order valence-corrected chi connectivity index (χ3v) is 14.8. The number of nitrogens with zero attached hydrogens (tertiary/aromatic N) is 6. The number of sulfonamides is 1. The van der Waals surface area contributed by atoms with E-state index in [4.69, 9.17) is 4.74 Å². The van der Waals surface area contributed by atoms with E-state index in [0.717, 1.165) is 25.3 Å². The molecule has 0 spiro atoms. The molecule has 2 aromatic carbocycles. The lowest BCUT2D eigenvalue weighted by Crippen LogP contribution is -2.61. The molecular formula is C38H61FN6O5S2. The van der Waals surface area contributed by atoms with Gasteiger partial charge in [-0.05, 0) is 94.8 Å². The van der Waals surface area contributed by atoms with E-state index in [1.807, 2.05) is 51.9 Å². The highest BCUT2D eigenvalue weighted by Gasteiger charge is 2.39. The van der Waals surface area contributed by atoms with Gasteiger partial charge in [0.05, 0.1) is 12.0 Å². The Morgan fingerprint density at radius 2 is 1.35 bits per heavy atom. The summed E-state index contributed by atoms with van der Waals surface area (Å²) in [4.78, 5) is 6.69. The van der Waals surface area contributed by atoms with Gasteiger partial charge in [0, 0.05) is 95.5 Å². The van der Waals surface area contributed by atoms with Gasteiger partial charge in [-0.25, -0.2) is 12.8 Å². The second-order valence-corrected chi connectivity index (χ2v) is 19.4. The summed E-state index contributed by atoms with van der Waals surface area (Å²) in [6.07, 6.45) is 7.62. The molecule has 1 saturated carbocycles. The molecule has 52 heavy (non-hydrogen) atoms. The smallest absolute Gasteiger partial charge is 0.282 e. The van der Waals surface area contributed by atoms with Gasteiger partial charge in [0.25, 0.3) is 10.2 Å². The molecule has 0 radical (unpaired) electrons. The van der Waals surface area contributed by atoms with Crippen molar-refractivity contribution in [2.45, 2.75) is 82.7 Å². The molecule has 2 saturated heterocycles. The van der Waals surface area contributed by atoms with E-state index in [2.05, 4.69) is 9.80 Å². The second kappa shape index (κ2) is 17.8. The summed E-state index contributed by atoms with van der Waals surface area (Å²) in [7, 11) is -2.39. The summed E-state index contributed by atoms with van der Waals surface area (Å²) < 4.78 is 82.0. The number of piperazine rings is 1. The Balaban J connectivity index is 1.38. The van der Waals surface area contributed by atoms with Crippen LogP contribution in [-0.2, 0) is 20.2 Å². The van der Waals surface area contributed by atoms with E-state index < -0.39 is 26.0 Å². The van der Waals surface area contributed by atoms with Crippen molar-refractivity contribution in [2.24, 2.45) is 11.8 Å². The summed E-state index contributed by atoms with van der Waals surface area (Å²) in [6, 6.07) is 11.1. The summed E-state index contributed by atoms with van der Waals surface area (Å²) in [6.45, 7) is 10.0. The Bertz CT molecular complexity index is 1660. The lowest BCUT2D eigenvalue weighted by Gasteiger charge is -2.46. The number of anilines is 2. The number of hydrogen-bond donors (Lipinski definition) is 0. The first-order valence-corrected chi connectivity index (χ1v) is 21.9. The molecule has 292 valence electrons. The highest BCUT2D eigenvalue weighted by Crippen LogP contribution is 2.31. The van der Waals surface area contributed by atoms with Crippen molar-refractivity contribution in [3.63, 3.8) is 0 Å². The molecule has 2 aliphatic heterocycles. The molecule has 5 rings (SSSR count). The molecule has 0 N–H and O–H groups in total. The largest absolute Gasteiger partial charge is 0.497 e. The molecule has 1 aliphatic carbocycles. The first-order chi connectivity index (χ1) is 24.7. The van der Waals surface area contributed by atoms with E-state index in [1.54, 1.807) is 31.1 Å². The van der Waals surface area contributed by atoms with Gasteiger partial charge in [-0.2, -0.15) is 21.3 Å². The average Bonchev–Trinajstić information content (AvgIpc) is 3.09. The molecule has 2 heterocycles. The van der Waals surface area contributed by atoms with Crippen LogP contribution < -0.4 is 14.5 Å². The normalized spacial score (nSPS) is 25.0. The fourth-order valence-corrected chi connectivity index (χ4v) is 11.9. The fraction of sp³-hybridized carbons (Fsp3) is 0.684. The Hall–Kier alpha value is -2.49. The minimum absolute atomic E-state index is 0.209. The van der Waals surface area contributed by atoms with Gasteiger partial charge in [-0.1, -0.05) is 26.2 Å². The van der Waals surface area contributed by atoms with Crippen LogP contribution in [0.2, 0.25) is 0 Å². The molecule has 0 amide bonds. The van der Waals surface area contributed by atoms with Crippen molar-refractivity contribution >= 4 is 31.6 Å². The van der Waals surface area contributed by atoms with E-state index in [0.29, 0.717) is 43.3 Å². The van der Waals surface area contributed by atoms with E-state index in [-0.39, 0.29) is 49.1 Å². The van der Waals surface area contributed by atoms with Crippen LogP contribution in [0.1, 0.15) is 65.7 Å². The standard InChI is InChI=1S/C38H61FN6O5S2/c1-30-25-42(51(46,47)38-16-14-35(15-17-38)40(4)5)20-10-18-41(29-33-12-8-7-9-13-33)19-11-21-43(26-30)52(48,49)44-27-31(2)45(32(3)28-44)36-22-34(39)23-37(24-36)50-6/h14-17,22-24,30-33H,7-13,18-21,25-29H2,1-6H3/t30-,31+,32+/m0/s1. The Labute approximate surface area is 312 Å². The van der Waals surface area contributed by atoms with Gasteiger partial charge in [-0.3, -0.25) is 0 Å². The maximum Gasteiger partial charge on any atom is 0.282 e. The van der Waals surface area contributed by atoms with Gasteiger partial charge >= 0.3 is 0 Å². The molecular weight excluding hydrogens is 704 g/mol. The second-order valence-electron chi connectivity index (χ2n) is 15.5. The molecule has 11 nitrogen and oxygen atoms in total. The van der Waals surface area contributed by atoms with Gasteiger partial charge in [0.1, 0.15) is 11.6 Å². The van der Waals surface area contributed by atoms with E-state index in [9.17, 15) is 21.2 Å². The van der Waals surface area contributed by atoms with Crippen molar-refractivity contribution < 1.29 is 26.0 Å². The van der Waals surface area contributed by atoms with Gasteiger partial charge < -0.3 is 19.4 Å². The Morgan fingerprint density at radius 1 is 0.750 bits per heavy atom. The zero-order valence-electron chi connectivity index (χ0n) is 32.1. The Morgan fingerprint density at radius 3 is 1.94 bits per heavy atom. The quantitative estimate of drug-likeness (QED) is 0.338. The Kier molecular flexibility index (Phi) is 13.9. The van der Waals surface area contributed by atoms with Crippen molar-refractivity contribution in [3.8, 4) is 5.75 Å². The summed E-state index contributed by atoms with van der Waals surface area (Å²) >= 11 is 0. The van der Waals surface area contributed by atoms with Crippen molar-refractivity contribution in [3.05, 3.63) is 48.3 Å². The van der Waals surface area contributed by atoms with Crippen LogP contribution in [0.5, 0.6) is 5.75 Å². The third kappa shape index (κ3) is 9.97. The number of methoxy groups -OCH3 is 1. The predicted octanol–water partition coefficient (Wildman–Crippen LogP) is 5.35. The summed E-state index contributed by atoms with van der Waals surface area (Å²) in [5, 5.41) is 0. The van der Waals surface area contributed by atoms with Crippen LogP contribution in [-0.4, -0.2) is 127 Å². The molecule has 3 fully saturated rings. The lowest BCUT2D eigenvalue weighted by atomic mass is 9.89. The zero-order valence-corrected chi connectivity index (χ0v) is 33.7. The zero-order chi connectivity index (χ0) is 37.6. The maximum atomic E-state index is 14.6. The highest BCUT2D eigenvalue weighted by atomic mass is 32.2. The van der Waals surface area contributed by atoms with Gasteiger partial charge in [0.15, 0.2) is 0 Å². The topological polar surface area (TPSA) is 97.0 Å². The number of benzene rings is 2. The summed E-state index contributed by atoms with van der Waals surface area (Å²) in [5.41, 5.74) is 1.57. The molecule has 2 aromatic rings. The maximum absolute atomic E-state index is 14.6. The van der Waals surface area contributed by atoms with Crippen LogP contribution in [0.15, 0.2) is 47.4 Å². The van der Waals surface area contributed by atoms with E-state index >= 15 is 0 Å². The minimum Gasteiger partial charge on any atom is -0.497 e. The van der Waals surface area contributed by atoms with E-state index in [1.165, 1.54) is 51.3 Å². The van der Waals surface area contributed by atoms with Gasteiger partial charge in [-0.15, -0.1) is 0 Å². The molecule has 0 unspecified atom stereocenters. The summed E-state index contributed by atoms with van der Waals surface area (Å²) in [5.74, 6) is 0.376. The van der Waals surface area contributed by atoms with Crippen LogP contribution in [0, 0.1) is 17.7 Å². The first kappa shape index (κ1) is 40.7. The van der Waals surface area contributed by atoms with Crippen LogP contribution in [0.3, 0.4) is 0 Å².